The molecule has 0 atom stereocenters. The quantitative estimate of drug-likeness (QED) is 0.780. The van der Waals surface area contributed by atoms with Gasteiger partial charge < -0.3 is 11.1 Å². The molecule has 0 heterocycles. The molecule has 0 saturated heterocycles. The lowest BCUT2D eigenvalue weighted by Crippen LogP contribution is -2.39. The molecule has 0 saturated carbocycles. The number of amides is 1. The Morgan fingerprint density at radius 2 is 1.95 bits per heavy atom. The topological polar surface area (TPSA) is 92.5 Å². The second-order valence-corrected chi connectivity index (χ2v) is 6.50. The molecule has 3 N–H and O–H groups in total. The molecule has 1 amide bonds. The lowest BCUT2D eigenvalue weighted by atomic mass is 10.1. The lowest BCUT2D eigenvalue weighted by molar-refractivity contribution is -0.120. The second kappa shape index (κ2) is 6.23. The number of nitrogens with two attached hydrogens (primary N) is 1. The van der Waals surface area contributed by atoms with Gasteiger partial charge in [0.05, 0.1) is 11.4 Å². The Morgan fingerprint density at radius 1 is 1.35 bits per heavy atom. The molecular formula is C13H21N3O3S. The third-order valence-electron chi connectivity index (χ3n) is 3.27. The van der Waals surface area contributed by atoms with Crippen molar-refractivity contribution in [1.82, 2.24) is 9.62 Å². The Balaban J connectivity index is 3.24. The van der Waals surface area contributed by atoms with Gasteiger partial charge in [-0.2, -0.15) is 4.31 Å². The molecule has 0 fully saturated rings. The van der Waals surface area contributed by atoms with Gasteiger partial charge in [0.25, 0.3) is 0 Å². The smallest absolute Gasteiger partial charge is 0.243 e. The van der Waals surface area contributed by atoms with Gasteiger partial charge >= 0.3 is 0 Å². The average Bonchev–Trinajstić information content (AvgIpc) is 2.40. The Kier molecular flexibility index (Phi) is 5.13. The lowest BCUT2D eigenvalue weighted by Gasteiger charge is -2.20. The van der Waals surface area contributed by atoms with Crippen LogP contribution in [0, 0.1) is 13.8 Å². The van der Waals surface area contributed by atoms with E-state index in [1.165, 1.54) is 13.1 Å². The number of rotatable bonds is 5. The summed E-state index contributed by atoms with van der Waals surface area (Å²) in [5.41, 5.74) is 7.92. The first-order chi connectivity index (χ1) is 9.23. The highest BCUT2D eigenvalue weighted by Crippen LogP contribution is 2.23. The molecule has 6 nitrogen and oxygen atoms in total. The zero-order chi connectivity index (χ0) is 15.5. The summed E-state index contributed by atoms with van der Waals surface area (Å²) >= 11 is 0. The third-order valence-corrected chi connectivity index (χ3v) is 5.17. The maximum atomic E-state index is 12.5. The van der Waals surface area contributed by atoms with Crippen LogP contribution in [0.1, 0.15) is 18.1 Å². The number of carbonyl (C=O) groups is 1. The number of likely N-dealkylation sites (N-methyl/N-ethyl adjacent to an activating group) is 2. The average molecular weight is 299 g/mol. The largest absolute Gasteiger partial charge is 0.398 e. The number of anilines is 1. The van der Waals surface area contributed by atoms with Crippen LogP contribution in [0.4, 0.5) is 5.69 Å². The summed E-state index contributed by atoms with van der Waals surface area (Å²) in [7, 11) is -2.26. The van der Waals surface area contributed by atoms with Crippen molar-refractivity contribution >= 4 is 21.6 Å². The summed E-state index contributed by atoms with van der Waals surface area (Å²) in [5, 5.41) is 2.42. The van der Waals surface area contributed by atoms with Crippen LogP contribution in [0.3, 0.4) is 0 Å². The van der Waals surface area contributed by atoms with E-state index in [9.17, 15) is 13.2 Å². The maximum Gasteiger partial charge on any atom is 0.243 e. The van der Waals surface area contributed by atoms with Crippen LogP contribution in [-0.2, 0) is 14.8 Å². The van der Waals surface area contributed by atoms with Crippen LogP contribution in [0.2, 0.25) is 0 Å². The van der Waals surface area contributed by atoms with Gasteiger partial charge in [0, 0.05) is 19.3 Å². The molecule has 0 bridgehead atoms. The number of sulfonamides is 1. The summed E-state index contributed by atoms with van der Waals surface area (Å²) in [5.74, 6) is -0.354. The van der Waals surface area contributed by atoms with Crippen molar-refractivity contribution in [1.29, 1.82) is 0 Å². The number of hydrogen-bond donors (Lipinski definition) is 2. The van der Waals surface area contributed by atoms with Crippen molar-refractivity contribution in [3.8, 4) is 0 Å². The van der Waals surface area contributed by atoms with Crippen LogP contribution >= 0.6 is 0 Å². The predicted molar refractivity (Wildman–Crippen MR) is 78.8 cm³/mol. The number of aryl methyl sites for hydroxylation is 1. The van der Waals surface area contributed by atoms with E-state index in [1.54, 1.807) is 19.9 Å². The zero-order valence-corrected chi connectivity index (χ0v) is 13.0. The number of nitrogens with zero attached hydrogens (tertiary/aromatic N) is 1. The van der Waals surface area contributed by atoms with Crippen LogP contribution in [0.15, 0.2) is 17.0 Å². The Morgan fingerprint density at radius 3 is 2.40 bits per heavy atom. The molecule has 1 aromatic rings. The fraction of sp³-hybridized carbons (Fsp3) is 0.462. The minimum Gasteiger partial charge on any atom is -0.398 e. The Hall–Kier alpha value is -1.60. The molecule has 7 heteroatoms. The van der Waals surface area contributed by atoms with Crippen molar-refractivity contribution in [3.05, 3.63) is 23.3 Å². The van der Waals surface area contributed by atoms with E-state index >= 15 is 0 Å². The number of hydrogen-bond acceptors (Lipinski definition) is 4. The fourth-order valence-corrected chi connectivity index (χ4v) is 3.28. The molecule has 1 aromatic carbocycles. The van der Waals surface area contributed by atoms with Gasteiger partial charge in [0.1, 0.15) is 0 Å². The van der Waals surface area contributed by atoms with Crippen LogP contribution in [0.25, 0.3) is 0 Å². The van der Waals surface area contributed by atoms with Crippen LogP contribution in [-0.4, -0.2) is 38.8 Å². The molecule has 0 aromatic heterocycles. The summed E-state index contributed by atoms with van der Waals surface area (Å²) in [6, 6.07) is 3.01. The maximum absolute atomic E-state index is 12.5. The van der Waals surface area contributed by atoms with Gasteiger partial charge in [-0.1, -0.05) is 6.92 Å². The SMILES string of the molecule is CCN(CC(=O)NC)S(=O)(=O)c1cc(C)c(C)c(N)c1. The normalized spacial score (nSPS) is 11.7. The minimum atomic E-state index is -3.73. The van der Waals surface area contributed by atoms with E-state index < -0.39 is 10.0 Å². The first-order valence-electron chi connectivity index (χ1n) is 6.31. The summed E-state index contributed by atoms with van der Waals surface area (Å²) in [6.45, 7) is 5.33. The van der Waals surface area contributed by atoms with Gasteiger partial charge in [-0.15, -0.1) is 0 Å². The van der Waals surface area contributed by atoms with Crippen LogP contribution < -0.4 is 11.1 Å². The first kappa shape index (κ1) is 16.5. The Bertz CT molecular complexity index is 588. The summed E-state index contributed by atoms with van der Waals surface area (Å²) < 4.78 is 26.2. The number of nitrogens with one attached hydrogen (secondary N) is 1. The first-order valence-corrected chi connectivity index (χ1v) is 7.75. The number of nitrogen functional groups attached to an aromatic ring is 1. The van der Waals surface area contributed by atoms with Gasteiger partial charge in [-0.3, -0.25) is 4.79 Å². The van der Waals surface area contributed by atoms with E-state index in [0.29, 0.717) is 5.69 Å². The van der Waals surface area contributed by atoms with Crippen molar-refractivity contribution in [2.75, 3.05) is 25.9 Å². The van der Waals surface area contributed by atoms with Gasteiger partial charge in [-0.05, 0) is 37.1 Å². The molecule has 0 unspecified atom stereocenters. The van der Waals surface area contributed by atoms with Crippen molar-refractivity contribution < 1.29 is 13.2 Å². The number of carbonyl (C=O) groups excluding carboxylic acids is 1. The highest BCUT2D eigenvalue weighted by atomic mass is 32.2. The molecule has 112 valence electrons. The van der Waals surface area contributed by atoms with E-state index in [2.05, 4.69) is 5.32 Å². The summed E-state index contributed by atoms with van der Waals surface area (Å²) in [6.07, 6.45) is 0. The van der Waals surface area contributed by atoms with Crippen molar-refractivity contribution in [2.24, 2.45) is 0 Å². The van der Waals surface area contributed by atoms with E-state index in [-0.39, 0.29) is 23.9 Å². The molecule has 0 aliphatic heterocycles. The second-order valence-electron chi connectivity index (χ2n) is 4.56. The molecular weight excluding hydrogens is 278 g/mol. The van der Waals surface area contributed by atoms with Gasteiger partial charge in [-0.25, -0.2) is 8.42 Å². The molecule has 0 radical (unpaired) electrons. The highest BCUT2D eigenvalue weighted by molar-refractivity contribution is 7.89. The van der Waals surface area contributed by atoms with Crippen molar-refractivity contribution in [2.45, 2.75) is 25.7 Å². The van der Waals surface area contributed by atoms with E-state index in [1.807, 2.05) is 6.92 Å². The molecule has 0 aliphatic carbocycles. The monoisotopic (exact) mass is 299 g/mol. The Labute approximate surface area is 120 Å². The van der Waals surface area contributed by atoms with E-state index in [4.69, 9.17) is 5.73 Å². The molecule has 1 rings (SSSR count). The van der Waals surface area contributed by atoms with Crippen molar-refractivity contribution in [3.63, 3.8) is 0 Å². The zero-order valence-electron chi connectivity index (χ0n) is 12.2. The van der Waals surface area contributed by atoms with E-state index in [0.717, 1.165) is 15.4 Å². The number of benzene rings is 1. The highest BCUT2D eigenvalue weighted by Gasteiger charge is 2.25. The molecule has 0 spiro atoms. The van der Waals surface area contributed by atoms with Gasteiger partial charge in [0.2, 0.25) is 15.9 Å². The fourth-order valence-electron chi connectivity index (χ4n) is 1.76. The minimum absolute atomic E-state index is 0.115. The van der Waals surface area contributed by atoms with Gasteiger partial charge in [0.15, 0.2) is 0 Å². The molecule has 20 heavy (non-hydrogen) atoms. The standard InChI is InChI=1S/C13H21N3O3S/c1-5-16(8-13(17)15-4)20(18,19)11-6-9(2)10(3)12(14)7-11/h6-7H,5,8,14H2,1-4H3,(H,15,17). The molecule has 0 aliphatic rings. The summed E-state index contributed by atoms with van der Waals surface area (Å²) in [4.78, 5) is 11.5. The third kappa shape index (κ3) is 3.29. The predicted octanol–water partition coefficient (Wildman–Crippen LogP) is 0.642. The van der Waals surface area contributed by atoms with Crippen LogP contribution in [0.5, 0.6) is 0 Å².